The summed E-state index contributed by atoms with van der Waals surface area (Å²) >= 11 is 0. The summed E-state index contributed by atoms with van der Waals surface area (Å²) in [5.41, 5.74) is 20.8. The van der Waals surface area contributed by atoms with E-state index >= 15 is 0 Å². The molecule has 3 aliphatic carbocycles. The first-order valence-electron chi connectivity index (χ1n) is 26.7. The highest BCUT2D eigenvalue weighted by Gasteiger charge is 2.48. The van der Waals surface area contributed by atoms with E-state index in [4.69, 9.17) is 0 Å². The maximum Gasteiger partial charge on any atom is 0.0714 e. The first-order valence-corrected chi connectivity index (χ1v) is 26.7. The Labute approximate surface area is 432 Å². The minimum atomic E-state index is -0.657. The van der Waals surface area contributed by atoms with Crippen molar-refractivity contribution in [2.75, 3.05) is 4.90 Å². The van der Waals surface area contributed by atoms with Crippen LogP contribution >= 0.6 is 0 Å². The Morgan fingerprint density at radius 3 is 1.55 bits per heavy atom. The number of benzene rings is 10. The summed E-state index contributed by atoms with van der Waals surface area (Å²) in [5.74, 6) is 1.56. The fraction of sp³-hybridized carbons (Fsp3) is 0.194. The Hall–Kier alpha value is -7.74. The van der Waals surface area contributed by atoms with Crippen LogP contribution in [0.2, 0.25) is 0 Å². The summed E-state index contributed by atoms with van der Waals surface area (Å²) < 4.78 is 0. The zero-order valence-corrected chi connectivity index (χ0v) is 42.7. The third-order valence-corrected chi connectivity index (χ3v) is 17.2. The van der Waals surface area contributed by atoms with Crippen molar-refractivity contribution >= 4 is 27.8 Å². The summed E-state index contributed by atoms with van der Waals surface area (Å²) in [6.07, 6.45) is 6.56. The van der Waals surface area contributed by atoms with Gasteiger partial charge in [0, 0.05) is 16.9 Å². The van der Waals surface area contributed by atoms with Gasteiger partial charge in [0.1, 0.15) is 0 Å². The molecule has 0 aliphatic heterocycles. The highest BCUT2D eigenvalue weighted by atomic mass is 15.1. The van der Waals surface area contributed by atoms with Gasteiger partial charge in [0.15, 0.2) is 0 Å². The monoisotopic (exact) mass is 941 g/mol. The molecule has 1 heteroatoms. The lowest BCUT2D eigenvalue weighted by atomic mass is 9.66. The van der Waals surface area contributed by atoms with Crippen LogP contribution in [0.25, 0.3) is 55.3 Å². The Morgan fingerprint density at radius 2 is 0.904 bits per heavy atom. The SMILES string of the molecule is CC(C)(C)c1ccc(-c2ccccc2N(c2ccc3c(c2)C(c2cccc(-c4ccccc4)c2)(c2cccc(-c4ccccc4)c2)c2ccccc2-3)c2ccccc2C2(C)C[C@@H]3CC[C@@H](C3)C2)c2ccccc12. The standard InChI is InChI=1S/C72H63N/c1-70(2,3)64-42-41-59(58-29-11-12-30-60(58)64)63-32-14-17-35-68(63)73(69-36-18-16-34-66(69)71(4)47-49-37-38-50(43-49)48-71)57-39-40-62-61-31-13-15-33-65(61)72(67(62)46-57,55-27-19-25-53(44-55)51-21-7-5-8-22-51)56-28-20-26-54(45-56)52-23-9-6-10-24-52/h5-36,39-42,44-46,49-50H,37-38,43,47-48H2,1-4H3/t49-,50+,71?. The van der Waals surface area contributed by atoms with Gasteiger partial charge in [-0.1, -0.05) is 241 Å². The van der Waals surface area contributed by atoms with Crippen molar-refractivity contribution in [2.24, 2.45) is 11.8 Å². The molecular formula is C72H63N. The molecule has 0 N–H and O–H groups in total. The number of hydrogen-bond donors (Lipinski definition) is 0. The van der Waals surface area contributed by atoms with E-state index in [0.717, 1.165) is 17.5 Å². The molecular weight excluding hydrogens is 879 g/mol. The van der Waals surface area contributed by atoms with Gasteiger partial charge in [-0.05, 0) is 161 Å². The molecule has 3 atom stereocenters. The number of hydrogen-bond acceptors (Lipinski definition) is 1. The molecule has 1 nitrogen and oxygen atoms in total. The van der Waals surface area contributed by atoms with Gasteiger partial charge in [0.25, 0.3) is 0 Å². The molecule has 73 heavy (non-hydrogen) atoms. The minimum Gasteiger partial charge on any atom is -0.310 e. The molecule has 10 aromatic rings. The molecule has 2 fully saturated rings. The van der Waals surface area contributed by atoms with E-state index in [1.807, 2.05) is 0 Å². The lowest BCUT2D eigenvalue weighted by molar-refractivity contribution is 0.232. The second-order valence-corrected chi connectivity index (χ2v) is 22.8. The van der Waals surface area contributed by atoms with Crippen molar-refractivity contribution in [1.82, 2.24) is 0 Å². The van der Waals surface area contributed by atoms with E-state index in [9.17, 15) is 0 Å². The third kappa shape index (κ3) is 7.58. The van der Waals surface area contributed by atoms with Crippen LogP contribution in [-0.2, 0) is 16.2 Å². The molecule has 0 aromatic heterocycles. The van der Waals surface area contributed by atoms with Gasteiger partial charge in [-0.2, -0.15) is 0 Å². The van der Waals surface area contributed by atoms with Crippen molar-refractivity contribution in [1.29, 1.82) is 0 Å². The van der Waals surface area contributed by atoms with Crippen LogP contribution in [0.1, 0.15) is 93.2 Å². The van der Waals surface area contributed by atoms with Crippen molar-refractivity contribution in [3.8, 4) is 44.5 Å². The van der Waals surface area contributed by atoms with Crippen LogP contribution in [-0.4, -0.2) is 0 Å². The lowest BCUT2D eigenvalue weighted by Gasteiger charge is -2.41. The maximum atomic E-state index is 2.66. The lowest BCUT2D eigenvalue weighted by Crippen LogP contribution is -2.32. The van der Waals surface area contributed by atoms with Crippen molar-refractivity contribution in [2.45, 2.75) is 76.0 Å². The van der Waals surface area contributed by atoms with Crippen LogP contribution < -0.4 is 4.90 Å². The highest BCUT2D eigenvalue weighted by Crippen LogP contribution is 2.60. The van der Waals surface area contributed by atoms with Crippen LogP contribution in [0.15, 0.2) is 237 Å². The molecule has 0 saturated heterocycles. The largest absolute Gasteiger partial charge is 0.310 e. The zero-order valence-electron chi connectivity index (χ0n) is 42.7. The number of fused-ring (bicyclic) bond motifs is 6. The maximum absolute atomic E-state index is 2.66. The third-order valence-electron chi connectivity index (χ3n) is 17.2. The molecule has 3 aliphatic rings. The van der Waals surface area contributed by atoms with Gasteiger partial charge in [0.05, 0.1) is 11.1 Å². The topological polar surface area (TPSA) is 3.24 Å². The number of nitrogens with zero attached hydrogens (tertiary/aromatic N) is 1. The molecule has 0 heterocycles. The Kier molecular flexibility index (Phi) is 11.0. The summed E-state index contributed by atoms with van der Waals surface area (Å²) in [4.78, 5) is 2.66. The van der Waals surface area contributed by atoms with Gasteiger partial charge in [-0.25, -0.2) is 0 Å². The number of anilines is 3. The fourth-order valence-electron chi connectivity index (χ4n) is 14.1. The predicted molar refractivity (Wildman–Crippen MR) is 308 cm³/mol. The van der Waals surface area contributed by atoms with Gasteiger partial charge in [0.2, 0.25) is 0 Å². The summed E-state index contributed by atoms with van der Waals surface area (Å²) in [6, 6.07) is 89.8. The van der Waals surface area contributed by atoms with Crippen LogP contribution in [0.4, 0.5) is 17.1 Å². The predicted octanol–water partition coefficient (Wildman–Crippen LogP) is 19.4. The normalized spacial score (nSPS) is 18.6. The zero-order chi connectivity index (χ0) is 49.3. The van der Waals surface area contributed by atoms with E-state index in [-0.39, 0.29) is 10.8 Å². The first kappa shape index (κ1) is 45.1. The van der Waals surface area contributed by atoms with Gasteiger partial charge in [-0.15, -0.1) is 0 Å². The van der Waals surface area contributed by atoms with Crippen LogP contribution in [0, 0.1) is 11.8 Å². The molecule has 2 saturated carbocycles. The quantitative estimate of drug-likeness (QED) is 0.139. The second kappa shape index (κ2) is 17.8. The first-order chi connectivity index (χ1) is 35.7. The number of rotatable bonds is 9. The molecule has 1 unspecified atom stereocenters. The fourth-order valence-corrected chi connectivity index (χ4v) is 14.1. The molecule has 0 amide bonds. The minimum absolute atomic E-state index is 0.00674. The second-order valence-electron chi connectivity index (χ2n) is 22.8. The van der Waals surface area contributed by atoms with E-state index in [0.29, 0.717) is 0 Å². The van der Waals surface area contributed by atoms with Gasteiger partial charge >= 0.3 is 0 Å². The van der Waals surface area contributed by atoms with E-state index in [1.54, 1.807) is 0 Å². The van der Waals surface area contributed by atoms with Crippen molar-refractivity contribution < 1.29 is 0 Å². The molecule has 13 rings (SSSR count). The highest BCUT2D eigenvalue weighted by molar-refractivity contribution is 6.03. The van der Waals surface area contributed by atoms with E-state index < -0.39 is 5.41 Å². The van der Waals surface area contributed by atoms with Gasteiger partial charge < -0.3 is 4.90 Å². The van der Waals surface area contributed by atoms with Crippen LogP contribution in [0.3, 0.4) is 0 Å². The Balaban J connectivity index is 1.10. The molecule has 10 aromatic carbocycles. The smallest absolute Gasteiger partial charge is 0.0714 e. The average molecular weight is 942 g/mol. The summed E-state index contributed by atoms with van der Waals surface area (Å²) in [6.45, 7) is 9.59. The van der Waals surface area contributed by atoms with Crippen LogP contribution in [0.5, 0.6) is 0 Å². The molecule has 0 radical (unpaired) electrons. The molecule has 356 valence electrons. The van der Waals surface area contributed by atoms with Crippen molar-refractivity contribution in [3.05, 3.63) is 270 Å². The number of para-hydroxylation sites is 2. The summed E-state index contributed by atoms with van der Waals surface area (Å²) in [5, 5.41) is 2.60. The van der Waals surface area contributed by atoms with Gasteiger partial charge in [-0.3, -0.25) is 0 Å². The van der Waals surface area contributed by atoms with E-state index in [1.165, 1.54) is 132 Å². The summed E-state index contributed by atoms with van der Waals surface area (Å²) in [7, 11) is 0. The molecule has 2 bridgehead atoms. The Morgan fingerprint density at radius 1 is 0.397 bits per heavy atom. The Bertz CT molecular complexity index is 3590. The molecule has 0 spiro atoms. The van der Waals surface area contributed by atoms with Crippen molar-refractivity contribution in [3.63, 3.8) is 0 Å². The average Bonchev–Trinajstić information content (AvgIpc) is 3.95. The van der Waals surface area contributed by atoms with E-state index in [2.05, 4.69) is 269 Å².